The third-order valence-corrected chi connectivity index (χ3v) is 2.11. The maximum absolute atomic E-state index is 5.78. The highest BCUT2D eigenvalue weighted by atomic mass is 16.4. The summed E-state index contributed by atoms with van der Waals surface area (Å²) in [5.41, 5.74) is 7.87. The van der Waals surface area contributed by atoms with E-state index in [2.05, 4.69) is 24.1 Å². The molecule has 4 nitrogen and oxygen atoms in total. The fourth-order valence-electron chi connectivity index (χ4n) is 1.34. The lowest BCUT2D eigenvalue weighted by Gasteiger charge is -2.03. The van der Waals surface area contributed by atoms with Gasteiger partial charge in [-0.05, 0) is 18.1 Å². The molecule has 4 heteroatoms. The van der Waals surface area contributed by atoms with E-state index in [-0.39, 0.29) is 0 Å². The quantitative estimate of drug-likeness (QED) is 0.755. The largest absolute Gasteiger partial charge is 0.423 e. The summed E-state index contributed by atoms with van der Waals surface area (Å²) in [6.45, 7) is 5.10. The number of fused-ring (bicyclic) bond motifs is 1. The van der Waals surface area contributed by atoms with Gasteiger partial charge in [0.1, 0.15) is 5.52 Å². The lowest BCUT2D eigenvalue weighted by molar-refractivity contribution is 0.596. The van der Waals surface area contributed by atoms with Crippen LogP contribution in [0, 0.1) is 5.92 Å². The van der Waals surface area contributed by atoms with Gasteiger partial charge in [0.25, 0.3) is 6.01 Å². The van der Waals surface area contributed by atoms with Gasteiger partial charge in [0, 0.05) is 6.54 Å². The topological polar surface area (TPSA) is 64.1 Å². The molecule has 0 radical (unpaired) electrons. The number of nitrogens with two attached hydrogens (primary N) is 1. The van der Waals surface area contributed by atoms with Crippen molar-refractivity contribution < 1.29 is 4.42 Å². The van der Waals surface area contributed by atoms with Crippen LogP contribution in [0.5, 0.6) is 0 Å². The molecule has 0 spiro atoms. The third-order valence-electron chi connectivity index (χ3n) is 2.11. The molecule has 3 N–H and O–H groups in total. The molecule has 1 aromatic heterocycles. The maximum Gasteiger partial charge on any atom is 0.295 e. The monoisotopic (exact) mass is 205 g/mol. The van der Waals surface area contributed by atoms with Crippen molar-refractivity contribution in [3.05, 3.63) is 18.2 Å². The van der Waals surface area contributed by atoms with Crippen molar-refractivity contribution in [1.29, 1.82) is 0 Å². The van der Waals surface area contributed by atoms with Crippen LogP contribution in [0.25, 0.3) is 11.1 Å². The molecule has 0 aliphatic rings. The van der Waals surface area contributed by atoms with Crippen molar-refractivity contribution >= 4 is 22.8 Å². The molecule has 0 aliphatic carbocycles. The molecule has 0 aliphatic heterocycles. The van der Waals surface area contributed by atoms with Crippen LogP contribution in [-0.4, -0.2) is 11.5 Å². The van der Waals surface area contributed by atoms with Crippen LogP contribution in [-0.2, 0) is 0 Å². The number of oxazole rings is 1. The van der Waals surface area contributed by atoms with Crippen molar-refractivity contribution in [3.63, 3.8) is 0 Å². The molecule has 2 aromatic rings. The van der Waals surface area contributed by atoms with Gasteiger partial charge in [0.05, 0.1) is 5.69 Å². The standard InChI is InChI=1S/C11H15N3O/c1-7(2)6-13-11-14-10-8(12)4-3-5-9(10)15-11/h3-5,7H,6,12H2,1-2H3,(H,13,14). The van der Waals surface area contributed by atoms with E-state index in [1.807, 2.05) is 18.2 Å². The van der Waals surface area contributed by atoms with E-state index in [1.54, 1.807) is 0 Å². The first-order valence-corrected chi connectivity index (χ1v) is 5.05. The van der Waals surface area contributed by atoms with Crippen LogP contribution in [0.1, 0.15) is 13.8 Å². The molecule has 0 saturated carbocycles. The van der Waals surface area contributed by atoms with E-state index >= 15 is 0 Å². The highest BCUT2D eigenvalue weighted by Gasteiger charge is 2.07. The van der Waals surface area contributed by atoms with Crippen molar-refractivity contribution in [2.75, 3.05) is 17.6 Å². The van der Waals surface area contributed by atoms with E-state index < -0.39 is 0 Å². The van der Waals surface area contributed by atoms with Gasteiger partial charge in [-0.25, -0.2) is 0 Å². The Morgan fingerprint density at radius 2 is 2.27 bits per heavy atom. The Bertz CT molecular complexity index is 462. The fraction of sp³-hybridized carbons (Fsp3) is 0.364. The Kier molecular flexibility index (Phi) is 2.49. The van der Waals surface area contributed by atoms with E-state index in [4.69, 9.17) is 10.2 Å². The number of rotatable bonds is 3. The molecule has 0 saturated heterocycles. The van der Waals surface area contributed by atoms with Gasteiger partial charge in [0.15, 0.2) is 5.58 Å². The fourth-order valence-corrected chi connectivity index (χ4v) is 1.34. The van der Waals surface area contributed by atoms with Crippen LogP contribution < -0.4 is 11.1 Å². The Hall–Kier alpha value is -1.71. The number of para-hydroxylation sites is 1. The molecular formula is C11H15N3O. The second kappa shape index (κ2) is 3.81. The predicted molar refractivity (Wildman–Crippen MR) is 61.7 cm³/mol. The van der Waals surface area contributed by atoms with Crippen molar-refractivity contribution in [2.24, 2.45) is 5.92 Å². The molecule has 0 unspecified atom stereocenters. The minimum absolute atomic E-state index is 0.539. The van der Waals surface area contributed by atoms with E-state index in [9.17, 15) is 0 Å². The van der Waals surface area contributed by atoms with Gasteiger partial charge < -0.3 is 15.5 Å². The van der Waals surface area contributed by atoms with Crippen LogP contribution in [0.2, 0.25) is 0 Å². The van der Waals surface area contributed by atoms with E-state index in [1.165, 1.54) is 0 Å². The number of anilines is 2. The van der Waals surface area contributed by atoms with Crippen LogP contribution in [0.4, 0.5) is 11.7 Å². The van der Waals surface area contributed by atoms with Crippen LogP contribution >= 0.6 is 0 Å². The molecule has 0 atom stereocenters. The summed E-state index contributed by atoms with van der Waals surface area (Å²) in [7, 11) is 0. The van der Waals surface area contributed by atoms with E-state index in [0.717, 1.165) is 17.6 Å². The number of aromatic nitrogens is 1. The molecule has 0 fully saturated rings. The zero-order chi connectivity index (χ0) is 10.8. The van der Waals surface area contributed by atoms with Gasteiger partial charge in [-0.15, -0.1) is 0 Å². The zero-order valence-corrected chi connectivity index (χ0v) is 8.95. The lowest BCUT2D eigenvalue weighted by atomic mass is 10.2. The smallest absolute Gasteiger partial charge is 0.295 e. The predicted octanol–water partition coefficient (Wildman–Crippen LogP) is 2.48. The summed E-state index contributed by atoms with van der Waals surface area (Å²) in [6.07, 6.45) is 0. The number of hydrogen-bond donors (Lipinski definition) is 2. The second-order valence-electron chi connectivity index (χ2n) is 3.99. The van der Waals surface area contributed by atoms with Crippen molar-refractivity contribution in [1.82, 2.24) is 4.98 Å². The van der Waals surface area contributed by atoms with Crippen LogP contribution in [0.3, 0.4) is 0 Å². The number of nitrogens with one attached hydrogen (secondary N) is 1. The van der Waals surface area contributed by atoms with Gasteiger partial charge in [-0.2, -0.15) is 4.98 Å². The average Bonchev–Trinajstić information content (AvgIpc) is 2.59. The Morgan fingerprint density at radius 3 is 2.93 bits per heavy atom. The van der Waals surface area contributed by atoms with Crippen LogP contribution in [0.15, 0.2) is 22.6 Å². The molecule has 0 bridgehead atoms. The van der Waals surface area contributed by atoms with Crippen molar-refractivity contribution in [2.45, 2.75) is 13.8 Å². The minimum Gasteiger partial charge on any atom is -0.423 e. The summed E-state index contributed by atoms with van der Waals surface area (Å²) in [4.78, 5) is 4.28. The molecule has 15 heavy (non-hydrogen) atoms. The van der Waals surface area contributed by atoms with Gasteiger partial charge >= 0.3 is 0 Å². The molecule has 1 aromatic carbocycles. The molecule has 0 amide bonds. The molecule has 1 heterocycles. The zero-order valence-electron chi connectivity index (χ0n) is 8.95. The normalized spacial score (nSPS) is 11.1. The summed E-state index contributed by atoms with van der Waals surface area (Å²) in [5.74, 6) is 0.553. The lowest BCUT2D eigenvalue weighted by Crippen LogP contribution is -2.07. The average molecular weight is 205 g/mol. The van der Waals surface area contributed by atoms with Gasteiger partial charge in [-0.1, -0.05) is 19.9 Å². The first kappa shape index (κ1) is 9.83. The second-order valence-corrected chi connectivity index (χ2v) is 3.99. The van der Waals surface area contributed by atoms with Crippen molar-refractivity contribution in [3.8, 4) is 0 Å². The number of benzene rings is 1. The Labute approximate surface area is 88.5 Å². The molecule has 80 valence electrons. The minimum atomic E-state index is 0.539. The molecular weight excluding hydrogens is 190 g/mol. The third kappa shape index (κ3) is 2.03. The summed E-state index contributed by atoms with van der Waals surface area (Å²) >= 11 is 0. The highest BCUT2D eigenvalue weighted by Crippen LogP contribution is 2.23. The SMILES string of the molecule is CC(C)CNc1nc2c(N)cccc2o1. The van der Waals surface area contributed by atoms with E-state index in [0.29, 0.717) is 17.6 Å². The highest BCUT2D eigenvalue weighted by molar-refractivity contribution is 5.86. The first-order chi connectivity index (χ1) is 7.16. The summed E-state index contributed by atoms with van der Waals surface area (Å²) in [5, 5.41) is 3.13. The summed E-state index contributed by atoms with van der Waals surface area (Å²) in [6, 6.07) is 6.07. The summed E-state index contributed by atoms with van der Waals surface area (Å²) < 4.78 is 5.50. The maximum atomic E-state index is 5.78. The van der Waals surface area contributed by atoms with Gasteiger partial charge in [-0.3, -0.25) is 0 Å². The number of nitrogens with zero attached hydrogens (tertiary/aromatic N) is 1. The molecule has 2 rings (SSSR count). The van der Waals surface area contributed by atoms with Gasteiger partial charge in [0.2, 0.25) is 0 Å². The number of hydrogen-bond acceptors (Lipinski definition) is 4. The first-order valence-electron chi connectivity index (χ1n) is 5.05. The Balaban J connectivity index is 2.27. The Morgan fingerprint density at radius 1 is 1.47 bits per heavy atom. The number of nitrogen functional groups attached to an aromatic ring is 1.